The Morgan fingerprint density at radius 3 is 2.76 bits per heavy atom. The number of nitrogens with one attached hydrogen (secondary N) is 2. The molecule has 0 radical (unpaired) electrons. The van der Waals surface area contributed by atoms with Gasteiger partial charge in [0.1, 0.15) is 24.1 Å². The van der Waals surface area contributed by atoms with Crippen molar-refractivity contribution >= 4 is 47.3 Å². The molecule has 1 aromatic carbocycles. The van der Waals surface area contributed by atoms with Crippen LogP contribution in [0.4, 0.5) is 0 Å². The van der Waals surface area contributed by atoms with E-state index in [0.29, 0.717) is 5.02 Å². The van der Waals surface area contributed by atoms with E-state index in [2.05, 4.69) is 26.0 Å². The summed E-state index contributed by atoms with van der Waals surface area (Å²) in [4.78, 5) is 40.0. The summed E-state index contributed by atoms with van der Waals surface area (Å²) in [7, 11) is -4.21. The second kappa shape index (κ2) is 13.0. The Morgan fingerprint density at radius 2 is 2.11 bits per heavy atom. The molecule has 1 aliphatic rings. The number of aromatic nitrogens is 2. The Balaban J connectivity index is 1.76. The average Bonchev–Trinajstić information content (AvgIpc) is 3.21. The molecule has 1 aromatic heterocycles. The lowest BCUT2D eigenvalue weighted by Gasteiger charge is -2.24. The van der Waals surface area contributed by atoms with Crippen molar-refractivity contribution in [1.29, 1.82) is 0 Å². The van der Waals surface area contributed by atoms with Gasteiger partial charge in [-0.2, -0.15) is 5.09 Å². The van der Waals surface area contributed by atoms with E-state index < -0.39 is 56.0 Å². The summed E-state index contributed by atoms with van der Waals surface area (Å²) in [5.41, 5.74) is -1.12. The third-order valence-electron chi connectivity index (χ3n) is 5.19. The number of hydrogen-bond donors (Lipinski definition) is 3. The lowest BCUT2D eigenvalue weighted by Crippen LogP contribution is -2.36. The third-order valence-corrected chi connectivity index (χ3v) is 7.35. The minimum absolute atomic E-state index is 0.00750. The number of H-pyrrole nitrogens is 1. The van der Waals surface area contributed by atoms with Crippen molar-refractivity contribution in [1.82, 2.24) is 14.6 Å². The van der Waals surface area contributed by atoms with Gasteiger partial charge in [-0.05, 0) is 49.2 Å². The second-order valence-corrected chi connectivity index (χ2v) is 10.6. The highest BCUT2D eigenvalue weighted by molar-refractivity contribution is 9.11. The molecule has 1 saturated heterocycles. The van der Waals surface area contributed by atoms with Crippen molar-refractivity contribution in [3.8, 4) is 5.75 Å². The molecule has 3 rings (SSSR count). The molecule has 5 atom stereocenters. The third kappa shape index (κ3) is 7.87. The lowest BCUT2D eigenvalue weighted by molar-refractivity contribution is -0.144. The maximum Gasteiger partial charge on any atom is 0.459 e. The van der Waals surface area contributed by atoms with E-state index in [9.17, 15) is 24.1 Å². The van der Waals surface area contributed by atoms with Crippen LogP contribution in [0.25, 0.3) is 6.08 Å². The normalized spacial score (nSPS) is 22.0. The number of carbonyl (C=O) groups excluding carboxylic acids is 1. The Morgan fingerprint density at radius 1 is 1.41 bits per heavy atom. The number of hydrogen-bond acceptors (Lipinski definition) is 9. The zero-order valence-corrected chi connectivity index (χ0v) is 23.1. The smallest absolute Gasteiger partial charge is 0.459 e. The number of nitrogens with zero attached hydrogens (tertiary/aromatic N) is 1. The first-order valence-corrected chi connectivity index (χ1v) is 14.0. The quantitative estimate of drug-likeness (QED) is 0.251. The van der Waals surface area contributed by atoms with Crippen molar-refractivity contribution in [3.05, 3.63) is 66.9 Å². The fourth-order valence-corrected chi connectivity index (χ4v) is 5.30. The Labute approximate surface area is 225 Å². The molecule has 2 aromatic rings. The van der Waals surface area contributed by atoms with Crippen LogP contribution >= 0.6 is 35.3 Å². The molecule has 3 N–H and O–H groups in total. The van der Waals surface area contributed by atoms with Crippen LogP contribution in [0.2, 0.25) is 5.02 Å². The van der Waals surface area contributed by atoms with Gasteiger partial charge < -0.3 is 19.1 Å². The van der Waals surface area contributed by atoms with Crippen molar-refractivity contribution in [2.24, 2.45) is 0 Å². The maximum atomic E-state index is 13.6. The maximum absolute atomic E-state index is 13.6. The monoisotopic (exact) mass is 621 g/mol. The molecular weight excluding hydrogens is 597 g/mol. The predicted molar refractivity (Wildman–Crippen MR) is 139 cm³/mol. The molecule has 37 heavy (non-hydrogen) atoms. The summed E-state index contributed by atoms with van der Waals surface area (Å²) in [6.07, 6.45) is -0.311. The first-order valence-electron chi connectivity index (χ1n) is 11.1. The van der Waals surface area contributed by atoms with Gasteiger partial charge in [0.15, 0.2) is 0 Å². The topological polar surface area (TPSA) is 158 Å². The van der Waals surface area contributed by atoms with E-state index >= 15 is 0 Å². The minimum Gasteiger partial charge on any atom is -0.465 e. The Kier molecular flexibility index (Phi) is 10.3. The highest BCUT2D eigenvalue weighted by Crippen LogP contribution is 2.46. The van der Waals surface area contributed by atoms with Crippen LogP contribution < -0.4 is 20.9 Å². The highest BCUT2D eigenvalue weighted by atomic mass is 79.9. The van der Waals surface area contributed by atoms with Gasteiger partial charge in [0.25, 0.3) is 5.56 Å². The summed E-state index contributed by atoms with van der Waals surface area (Å²) < 4.78 is 36.5. The molecule has 2 heterocycles. The summed E-state index contributed by atoms with van der Waals surface area (Å²) in [5, 5.41) is 13.5. The fourth-order valence-electron chi connectivity index (χ4n) is 3.39. The lowest BCUT2D eigenvalue weighted by atomic mass is 10.2. The number of halogens is 2. The van der Waals surface area contributed by atoms with E-state index in [1.165, 1.54) is 48.4 Å². The van der Waals surface area contributed by atoms with Crippen molar-refractivity contribution < 1.29 is 33.0 Å². The Bertz CT molecular complexity index is 1280. The molecule has 15 heteroatoms. The highest BCUT2D eigenvalue weighted by Gasteiger charge is 2.39. The molecule has 0 saturated carbocycles. The SMILES string of the molecule is CCOC(=O)[C@H](C)NP(=O)(OC[C@H]1O[C@@H](n2cc(/C=C/Br)c(=O)[nH]c2=O)C[C@@H]1O)Oc1ccc(Cl)cc1. The first kappa shape index (κ1) is 29.3. The van der Waals surface area contributed by atoms with Gasteiger partial charge in [-0.15, -0.1) is 0 Å². The summed E-state index contributed by atoms with van der Waals surface area (Å²) in [5.74, 6) is -0.525. The van der Waals surface area contributed by atoms with Gasteiger partial charge in [-0.25, -0.2) is 9.36 Å². The number of aliphatic hydroxyl groups is 1. The van der Waals surface area contributed by atoms with Crippen LogP contribution in [-0.4, -0.2) is 52.1 Å². The van der Waals surface area contributed by atoms with Gasteiger partial charge in [-0.1, -0.05) is 27.5 Å². The average molecular weight is 623 g/mol. The van der Waals surface area contributed by atoms with Crippen LogP contribution in [-0.2, 0) is 23.4 Å². The molecule has 0 bridgehead atoms. The molecule has 0 aliphatic carbocycles. The zero-order chi connectivity index (χ0) is 27.2. The van der Waals surface area contributed by atoms with Crippen LogP contribution in [0.1, 0.15) is 32.1 Å². The van der Waals surface area contributed by atoms with Gasteiger partial charge in [0.05, 0.1) is 24.9 Å². The minimum atomic E-state index is -4.21. The summed E-state index contributed by atoms with van der Waals surface area (Å²) >= 11 is 8.97. The zero-order valence-electron chi connectivity index (χ0n) is 19.8. The van der Waals surface area contributed by atoms with Crippen LogP contribution in [0, 0.1) is 0 Å². The standard InChI is InChI=1S/C22H26BrClN3O9P/c1-3-33-21(30)13(2)26-37(32,36-16-6-4-15(24)5-7-16)34-12-18-17(28)10-19(35-18)27-11-14(8-9-23)20(29)25-22(27)31/h4-9,11,13,17-19,28H,3,10,12H2,1-2H3,(H,26,32)(H,25,29,31)/b9-8+/t13-,17-,18+,19+,37?/m0/s1. The van der Waals surface area contributed by atoms with Crippen LogP contribution in [0.3, 0.4) is 0 Å². The summed E-state index contributed by atoms with van der Waals surface area (Å²) in [6.45, 7) is 2.76. The van der Waals surface area contributed by atoms with E-state index in [0.717, 1.165) is 4.57 Å². The van der Waals surface area contributed by atoms with Gasteiger partial charge >= 0.3 is 19.4 Å². The second-order valence-electron chi connectivity index (χ2n) is 7.92. The number of ether oxygens (including phenoxy) is 2. The first-order chi connectivity index (χ1) is 17.5. The molecule has 0 spiro atoms. The number of carbonyl (C=O) groups is 1. The number of aromatic amines is 1. The Hall–Kier alpha value is -2.25. The summed E-state index contributed by atoms with van der Waals surface area (Å²) in [6, 6.07) is 4.92. The van der Waals surface area contributed by atoms with Crippen molar-refractivity contribution in [2.75, 3.05) is 13.2 Å². The number of esters is 1. The van der Waals surface area contributed by atoms with E-state index in [-0.39, 0.29) is 24.3 Å². The molecule has 1 fully saturated rings. The predicted octanol–water partition coefficient (Wildman–Crippen LogP) is 2.95. The van der Waals surface area contributed by atoms with Crippen molar-refractivity contribution in [2.45, 2.75) is 44.7 Å². The fraction of sp³-hybridized carbons (Fsp3) is 0.409. The van der Waals surface area contributed by atoms with Gasteiger partial charge in [0, 0.05) is 17.6 Å². The van der Waals surface area contributed by atoms with Gasteiger partial charge in [-0.3, -0.25) is 23.7 Å². The number of rotatable bonds is 11. The molecule has 0 amide bonds. The molecular formula is C22H26BrClN3O9P. The number of aliphatic hydroxyl groups excluding tert-OH is 1. The van der Waals surface area contributed by atoms with Crippen LogP contribution in [0.5, 0.6) is 5.75 Å². The van der Waals surface area contributed by atoms with E-state index in [1.54, 1.807) is 6.92 Å². The largest absolute Gasteiger partial charge is 0.465 e. The molecule has 202 valence electrons. The molecule has 1 aliphatic heterocycles. The van der Waals surface area contributed by atoms with Gasteiger partial charge in [0.2, 0.25) is 0 Å². The van der Waals surface area contributed by atoms with Crippen LogP contribution in [0.15, 0.2) is 45.0 Å². The van der Waals surface area contributed by atoms with E-state index in [1.807, 2.05) is 0 Å². The number of benzene rings is 1. The van der Waals surface area contributed by atoms with Crippen molar-refractivity contribution in [3.63, 3.8) is 0 Å². The molecule has 1 unspecified atom stereocenters. The van der Waals surface area contributed by atoms with E-state index in [4.69, 9.17) is 30.1 Å². The molecule has 12 nitrogen and oxygen atoms in total.